The zero-order valence-corrected chi connectivity index (χ0v) is 18.3. The lowest BCUT2D eigenvalue weighted by Crippen LogP contribution is -2.30. The molecule has 1 N–H and O–H groups in total. The first-order valence-electron chi connectivity index (χ1n) is 9.65. The third kappa shape index (κ3) is 4.03. The highest BCUT2D eigenvalue weighted by Gasteiger charge is 2.15. The molecule has 0 saturated heterocycles. The monoisotopic (exact) mass is 439 g/mol. The van der Waals surface area contributed by atoms with Gasteiger partial charge in [0, 0.05) is 24.3 Å². The van der Waals surface area contributed by atoms with Crippen molar-refractivity contribution in [2.24, 2.45) is 0 Å². The molecule has 2 aromatic heterocycles. The number of amides is 2. The predicted octanol–water partition coefficient (Wildman–Crippen LogP) is 4.16. The third-order valence-corrected chi connectivity index (χ3v) is 6.65. The van der Waals surface area contributed by atoms with Crippen molar-refractivity contribution in [1.29, 1.82) is 0 Å². The lowest BCUT2D eigenvalue weighted by Gasteiger charge is -2.18. The number of benzene rings is 2. The van der Waals surface area contributed by atoms with Crippen LogP contribution in [0.1, 0.15) is 24.2 Å². The van der Waals surface area contributed by atoms with E-state index in [9.17, 15) is 9.59 Å². The number of thiazole rings is 1. The Labute approximate surface area is 182 Å². The number of rotatable bonds is 7. The Morgan fingerprint density at radius 2 is 1.80 bits per heavy atom. The summed E-state index contributed by atoms with van der Waals surface area (Å²) in [6.45, 7) is 5.24. The topological polar surface area (TPSA) is 79.6 Å². The summed E-state index contributed by atoms with van der Waals surface area (Å²) in [5, 5.41) is 12.0. The summed E-state index contributed by atoms with van der Waals surface area (Å²) in [5.41, 5.74) is 2.31. The number of hydrogen-bond acceptors (Lipinski definition) is 6. The summed E-state index contributed by atoms with van der Waals surface area (Å²) in [6.07, 6.45) is 0. The summed E-state index contributed by atoms with van der Waals surface area (Å²) in [6, 6.07) is 15.0. The maximum absolute atomic E-state index is 12.4. The second-order valence-corrected chi connectivity index (χ2v) is 8.51. The molecule has 0 spiro atoms. The molecule has 154 valence electrons. The van der Waals surface area contributed by atoms with Gasteiger partial charge in [-0.3, -0.25) is 14.0 Å². The number of nitrogens with one attached hydrogen (secondary N) is 1. The zero-order valence-electron chi connectivity index (χ0n) is 16.7. The maximum atomic E-state index is 12.4. The summed E-state index contributed by atoms with van der Waals surface area (Å²) < 4.78 is 3.11. The highest BCUT2D eigenvalue weighted by molar-refractivity contribution is 7.99. The van der Waals surface area contributed by atoms with Gasteiger partial charge >= 0.3 is 0 Å². The zero-order chi connectivity index (χ0) is 21.1. The number of thioether (sulfide) groups is 1. The molecule has 2 aromatic carbocycles. The Bertz CT molecular complexity index is 1200. The molecular formula is C21H21N5O2S2. The first-order valence-corrected chi connectivity index (χ1v) is 11.5. The van der Waals surface area contributed by atoms with Crippen molar-refractivity contribution in [1.82, 2.24) is 19.5 Å². The van der Waals surface area contributed by atoms with Crippen LogP contribution < -0.4 is 5.32 Å². The van der Waals surface area contributed by atoms with Gasteiger partial charge in [0.1, 0.15) is 0 Å². The normalized spacial score (nSPS) is 11.1. The van der Waals surface area contributed by atoms with E-state index in [2.05, 4.69) is 15.5 Å². The SMILES string of the molecule is CCN(CC)C(=O)c1ccc(NC(=O)CSc2nnc3sc4ccccc4n23)cc1. The van der Waals surface area contributed by atoms with E-state index < -0.39 is 0 Å². The van der Waals surface area contributed by atoms with Crippen LogP contribution >= 0.6 is 23.1 Å². The molecular weight excluding hydrogens is 418 g/mol. The van der Waals surface area contributed by atoms with Gasteiger partial charge in [-0.25, -0.2) is 0 Å². The van der Waals surface area contributed by atoms with Gasteiger partial charge in [-0.2, -0.15) is 0 Å². The molecule has 0 fully saturated rings. The van der Waals surface area contributed by atoms with Gasteiger partial charge in [0.2, 0.25) is 10.9 Å². The van der Waals surface area contributed by atoms with Gasteiger partial charge in [-0.15, -0.1) is 10.2 Å². The van der Waals surface area contributed by atoms with E-state index in [0.717, 1.165) is 15.2 Å². The Morgan fingerprint density at radius 1 is 1.07 bits per heavy atom. The van der Waals surface area contributed by atoms with Crippen LogP contribution in [0.2, 0.25) is 0 Å². The minimum Gasteiger partial charge on any atom is -0.339 e. The molecule has 7 nitrogen and oxygen atoms in total. The van der Waals surface area contributed by atoms with Crippen LogP contribution in [0.4, 0.5) is 5.69 Å². The molecule has 0 radical (unpaired) electrons. The van der Waals surface area contributed by atoms with Crippen LogP contribution in [0.5, 0.6) is 0 Å². The van der Waals surface area contributed by atoms with Gasteiger partial charge in [0.15, 0.2) is 5.16 Å². The van der Waals surface area contributed by atoms with Crippen molar-refractivity contribution in [2.75, 3.05) is 24.2 Å². The van der Waals surface area contributed by atoms with Crippen molar-refractivity contribution in [3.8, 4) is 0 Å². The van der Waals surface area contributed by atoms with Crippen molar-refractivity contribution in [3.63, 3.8) is 0 Å². The maximum Gasteiger partial charge on any atom is 0.253 e. The minimum atomic E-state index is -0.140. The fraction of sp³-hybridized carbons (Fsp3) is 0.238. The Morgan fingerprint density at radius 3 is 2.53 bits per heavy atom. The summed E-state index contributed by atoms with van der Waals surface area (Å²) in [4.78, 5) is 27.4. The van der Waals surface area contributed by atoms with E-state index in [1.165, 1.54) is 11.8 Å². The molecule has 0 unspecified atom stereocenters. The molecule has 2 heterocycles. The summed E-state index contributed by atoms with van der Waals surface area (Å²) in [5.74, 6) is 0.0665. The number of hydrogen-bond donors (Lipinski definition) is 1. The van der Waals surface area contributed by atoms with E-state index in [-0.39, 0.29) is 17.6 Å². The number of carbonyl (C=O) groups is 2. The summed E-state index contributed by atoms with van der Waals surface area (Å²) in [7, 11) is 0. The molecule has 30 heavy (non-hydrogen) atoms. The third-order valence-electron chi connectivity index (χ3n) is 4.71. The van der Waals surface area contributed by atoms with Gasteiger partial charge in [-0.1, -0.05) is 35.2 Å². The quantitative estimate of drug-likeness (QED) is 0.438. The van der Waals surface area contributed by atoms with E-state index in [1.54, 1.807) is 40.5 Å². The fourth-order valence-electron chi connectivity index (χ4n) is 3.17. The van der Waals surface area contributed by atoms with Gasteiger partial charge in [-0.05, 0) is 50.2 Å². The molecule has 4 rings (SSSR count). The molecule has 4 aromatic rings. The van der Waals surface area contributed by atoms with Crippen LogP contribution in [0, 0.1) is 0 Å². The largest absolute Gasteiger partial charge is 0.339 e. The minimum absolute atomic E-state index is 0.00718. The number of para-hydroxylation sites is 1. The van der Waals surface area contributed by atoms with Gasteiger partial charge in [0.25, 0.3) is 5.91 Å². The van der Waals surface area contributed by atoms with Gasteiger partial charge < -0.3 is 10.2 Å². The number of aromatic nitrogens is 3. The van der Waals surface area contributed by atoms with Crippen LogP contribution in [-0.2, 0) is 4.79 Å². The average Bonchev–Trinajstić information content (AvgIpc) is 3.33. The predicted molar refractivity (Wildman–Crippen MR) is 121 cm³/mol. The molecule has 0 aliphatic rings. The van der Waals surface area contributed by atoms with Crippen LogP contribution in [-0.4, -0.2) is 50.2 Å². The molecule has 0 atom stereocenters. The Kier molecular flexibility index (Phi) is 6.01. The molecule has 9 heteroatoms. The average molecular weight is 440 g/mol. The lowest BCUT2D eigenvalue weighted by molar-refractivity contribution is -0.113. The fourth-order valence-corrected chi connectivity index (χ4v) is 4.93. The molecule has 0 saturated carbocycles. The lowest BCUT2D eigenvalue weighted by atomic mass is 10.2. The first kappa shape index (κ1) is 20.4. The molecule has 0 bridgehead atoms. The van der Waals surface area contributed by atoms with Crippen molar-refractivity contribution in [3.05, 3.63) is 54.1 Å². The molecule has 0 aliphatic heterocycles. The Hall–Kier alpha value is -2.91. The van der Waals surface area contributed by atoms with Crippen LogP contribution in [0.25, 0.3) is 15.2 Å². The van der Waals surface area contributed by atoms with Crippen molar-refractivity contribution in [2.45, 2.75) is 19.0 Å². The van der Waals surface area contributed by atoms with E-state index in [4.69, 9.17) is 0 Å². The standard InChI is InChI=1S/C21H21N5O2S2/c1-3-25(4-2)19(28)14-9-11-15(12-10-14)22-18(27)13-29-20-23-24-21-26(20)16-7-5-6-8-17(16)30-21/h5-12H,3-4,13H2,1-2H3,(H,22,27). The van der Waals surface area contributed by atoms with Crippen molar-refractivity contribution >= 4 is 55.8 Å². The van der Waals surface area contributed by atoms with Crippen LogP contribution in [0.15, 0.2) is 53.7 Å². The number of anilines is 1. The second-order valence-electron chi connectivity index (χ2n) is 6.56. The van der Waals surface area contributed by atoms with E-state index in [1.807, 2.05) is 42.5 Å². The highest BCUT2D eigenvalue weighted by atomic mass is 32.2. The Balaban J connectivity index is 1.40. The first-order chi connectivity index (χ1) is 14.6. The second kappa shape index (κ2) is 8.85. The number of carbonyl (C=O) groups excluding carboxylic acids is 2. The van der Waals surface area contributed by atoms with Gasteiger partial charge in [0.05, 0.1) is 16.0 Å². The highest BCUT2D eigenvalue weighted by Crippen LogP contribution is 2.29. The smallest absolute Gasteiger partial charge is 0.253 e. The number of nitrogens with zero attached hydrogens (tertiary/aromatic N) is 4. The van der Waals surface area contributed by atoms with Crippen molar-refractivity contribution < 1.29 is 9.59 Å². The van der Waals surface area contributed by atoms with E-state index in [0.29, 0.717) is 29.5 Å². The molecule has 0 aliphatic carbocycles. The van der Waals surface area contributed by atoms with Crippen LogP contribution in [0.3, 0.4) is 0 Å². The molecule has 2 amide bonds. The number of fused-ring (bicyclic) bond motifs is 3. The van der Waals surface area contributed by atoms with E-state index >= 15 is 0 Å². The summed E-state index contributed by atoms with van der Waals surface area (Å²) >= 11 is 2.92.